The molecule has 5 nitrogen and oxygen atoms in total. The van der Waals surface area contributed by atoms with Crippen LogP contribution in [0.5, 0.6) is 0 Å². The number of nitrogens with zero attached hydrogens (tertiary/aromatic N) is 1. The number of halogens is 1. The highest BCUT2D eigenvalue weighted by Crippen LogP contribution is 2.16. The predicted octanol–water partition coefficient (Wildman–Crippen LogP) is 0.210. The van der Waals surface area contributed by atoms with Gasteiger partial charge in [-0.2, -0.15) is 0 Å². The summed E-state index contributed by atoms with van der Waals surface area (Å²) in [5.41, 5.74) is 2.25. The van der Waals surface area contributed by atoms with Gasteiger partial charge in [0.1, 0.15) is 10.7 Å². The van der Waals surface area contributed by atoms with Crippen molar-refractivity contribution in [3.8, 4) is 0 Å². The van der Waals surface area contributed by atoms with E-state index in [2.05, 4.69) is 32.8 Å². The molecule has 0 aliphatic rings. The molecule has 0 heterocycles. The van der Waals surface area contributed by atoms with E-state index < -0.39 is 10.0 Å². The molecule has 0 aliphatic carbocycles. The summed E-state index contributed by atoms with van der Waals surface area (Å²) >= 11 is 2.98. The number of likely N-dealkylation sites (N-methyl/N-ethyl adjacent to an activating group) is 1. The highest BCUT2D eigenvalue weighted by molar-refractivity contribution is 9.10. The Bertz CT molecular complexity index is 515. The minimum absolute atomic E-state index is 0.0744. The summed E-state index contributed by atoms with van der Waals surface area (Å²) < 4.78 is 25.6. The molecule has 1 aromatic rings. The average molecular weight is 365 g/mol. The van der Waals surface area contributed by atoms with Crippen molar-refractivity contribution in [2.24, 2.45) is 0 Å². The van der Waals surface area contributed by atoms with Gasteiger partial charge < -0.3 is 9.80 Å². The van der Waals surface area contributed by atoms with E-state index >= 15 is 0 Å². The van der Waals surface area contributed by atoms with E-state index in [1.165, 1.54) is 4.90 Å². The number of nitrogens with one attached hydrogen (secondary N) is 2. The van der Waals surface area contributed by atoms with Crippen molar-refractivity contribution in [3.05, 3.63) is 29.8 Å². The molecule has 1 rings (SSSR count). The topological polar surface area (TPSA) is 53.9 Å². The maximum absolute atomic E-state index is 11.5. The molecule has 0 fully saturated rings. The second kappa shape index (κ2) is 7.40. The van der Waals surface area contributed by atoms with Gasteiger partial charge in [-0.3, -0.25) is 0 Å². The fourth-order valence-corrected chi connectivity index (χ4v) is 2.89. The Hall–Kier alpha value is -0.630. The SMILES string of the molecule is CN(C)c1ccc([C@H](CNS(=O)(=O)CBr)[NH+](C)C)cc1. The van der Waals surface area contributed by atoms with Gasteiger partial charge in [0.05, 0.1) is 20.6 Å². The van der Waals surface area contributed by atoms with Crippen LogP contribution < -0.4 is 14.5 Å². The molecule has 2 N–H and O–H groups in total. The van der Waals surface area contributed by atoms with E-state index in [1.54, 1.807) is 0 Å². The van der Waals surface area contributed by atoms with Crippen molar-refractivity contribution in [3.63, 3.8) is 0 Å². The predicted molar refractivity (Wildman–Crippen MR) is 87.0 cm³/mol. The Labute approximate surface area is 130 Å². The molecular formula is C13H23BrN3O2S+. The maximum Gasteiger partial charge on any atom is 0.221 e. The molecule has 20 heavy (non-hydrogen) atoms. The van der Waals surface area contributed by atoms with Gasteiger partial charge in [0.25, 0.3) is 0 Å². The zero-order chi connectivity index (χ0) is 15.3. The summed E-state index contributed by atoms with van der Waals surface area (Å²) in [5, 5.41) is 0. The van der Waals surface area contributed by atoms with Crippen LogP contribution in [0.25, 0.3) is 0 Å². The van der Waals surface area contributed by atoms with Crippen molar-refractivity contribution in [2.75, 3.05) is 44.3 Å². The normalized spacial score (nSPS) is 13.5. The zero-order valence-corrected chi connectivity index (χ0v) is 14.8. The smallest absolute Gasteiger partial charge is 0.221 e. The van der Waals surface area contributed by atoms with Crippen molar-refractivity contribution in [1.29, 1.82) is 0 Å². The minimum Gasteiger partial charge on any atom is -0.378 e. The number of quaternary nitrogens is 1. The number of hydrogen-bond donors (Lipinski definition) is 2. The fourth-order valence-electron chi connectivity index (χ4n) is 1.91. The van der Waals surface area contributed by atoms with Crippen LogP contribution in [-0.2, 0) is 10.0 Å². The Balaban J connectivity index is 2.86. The second-order valence-electron chi connectivity index (χ2n) is 5.19. The molecule has 0 bridgehead atoms. The van der Waals surface area contributed by atoms with Gasteiger partial charge in [-0.1, -0.05) is 28.1 Å². The zero-order valence-electron chi connectivity index (χ0n) is 12.4. The van der Waals surface area contributed by atoms with Gasteiger partial charge in [0.2, 0.25) is 10.0 Å². The summed E-state index contributed by atoms with van der Waals surface area (Å²) in [5.74, 6) is 0. The van der Waals surface area contributed by atoms with Gasteiger partial charge in [0, 0.05) is 25.3 Å². The second-order valence-corrected chi connectivity index (χ2v) is 8.30. The van der Waals surface area contributed by atoms with Crippen molar-refractivity contribution < 1.29 is 13.3 Å². The van der Waals surface area contributed by atoms with Crippen LogP contribution in [0.15, 0.2) is 24.3 Å². The molecular weight excluding hydrogens is 342 g/mol. The monoisotopic (exact) mass is 364 g/mol. The van der Waals surface area contributed by atoms with E-state index in [-0.39, 0.29) is 10.7 Å². The Morgan fingerprint density at radius 2 is 1.80 bits per heavy atom. The fraction of sp³-hybridized carbons (Fsp3) is 0.538. The van der Waals surface area contributed by atoms with Crippen LogP contribution in [-0.4, -0.2) is 47.8 Å². The lowest BCUT2D eigenvalue weighted by Gasteiger charge is -2.23. The van der Waals surface area contributed by atoms with Crippen LogP contribution in [0.1, 0.15) is 11.6 Å². The largest absolute Gasteiger partial charge is 0.378 e. The molecule has 114 valence electrons. The lowest BCUT2D eigenvalue weighted by Crippen LogP contribution is -3.07. The molecule has 0 amide bonds. The third kappa shape index (κ3) is 5.05. The molecule has 0 aliphatic heterocycles. The maximum atomic E-state index is 11.5. The summed E-state index contributed by atoms with van der Waals surface area (Å²) in [6.07, 6.45) is 0. The Morgan fingerprint density at radius 1 is 1.25 bits per heavy atom. The Morgan fingerprint density at radius 3 is 2.20 bits per heavy atom. The highest BCUT2D eigenvalue weighted by atomic mass is 79.9. The molecule has 0 aromatic heterocycles. The number of sulfonamides is 1. The standard InChI is InChI=1S/C13H22BrN3O2S/c1-16(2)12-7-5-11(6-8-12)13(17(3)4)9-15-20(18,19)10-14/h5-8,13,15H,9-10H2,1-4H3/p+1/t13-/m0/s1. The van der Waals surface area contributed by atoms with E-state index in [1.807, 2.05) is 45.2 Å². The first-order valence-electron chi connectivity index (χ1n) is 6.37. The van der Waals surface area contributed by atoms with Crippen LogP contribution in [0.4, 0.5) is 5.69 Å². The van der Waals surface area contributed by atoms with Crippen molar-refractivity contribution in [1.82, 2.24) is 4.72 Å². The first-order valence-corrected chi connectivity index (χ1v) is 9.15. The lowest BCUT2D eigenvalue weighted by atomic mass is 10.1. The third-order valence-electron chi connectivity index (χ3n) is 3.16. The van der Waals surface area contributed by atoms with Crippen LogP contribution >= 0.6 is 15.9 Å². The molecule has 0 radical (unpaired) electrons. The van der Waals surface area contributed by atoms with Crippen molar-refractivity contribution >= 4 is 31.6 Å². The molecule has 1 aromatic carbocycles. The number of rotatable bonds is 7. The van der Waals surface area contributed by atoms with Crippen molar-refractivity contribution in [2.45, 2.75) is 6.04 Å². The van der Waals surface area contributed by atoms with Crippen LogP contribution in [0, 0.1) is 0 Å². The van der Waals surface area contributed by atoms with Gasteiger partial charge in [-0.05, 0) is 12.1 Å². The first-order chi connectivity index (χ1) is 9.26. The van der Waals surface area contributed by atoms with E-state index in [9.17, 15) is 8.42 Å². The first kappa shape index (κ1) is 17.4. The van der Waals surface area contributed by atoms with Crippen LogP contribution in [0.2, 0.25) is 0 Å². The van der Waals surface area contributed by atoms with Gasteiger partial charge in [-0.15, -0.1) is 0 Å². The summed E-state index contributed by atoms with van der Waals surface area (Å²) in [6, 6.07) is 8.28. The van der Waals surface area contributed by atoms with Gasteiger partial charge in [0.15, 0.2) is 0 Å². The minimum atomic E-state index is -3.23. The van der Waals surface area contributed by atoms with Crippen LogP contribution in [0.3, 0.4) is 0 Å². The van der Waals surface area contributed by atoms with E-state index in [0.29, 0.717) is 6.54 Å². The van der Waals surface area contributed by atoms with E-state index in [4.69, 9.17) is 0 Å². The molecule has 1 atom stereocenters. The average Bonchev–Trinajstić information content (AvgIpc) is 2.39. The number of anilines is 1. The van der Waals surface area contributed by atoms with E-state index in [0.717, 1.165) is 11.3 Å². The third-order valence-corrected chi connectivity index (χ3v) is 5.86. The summed E-state index contributed by atoms with van der Waals surface area (Å²) in [6.45, 7) is 0.386. The lowest BCUT2D eigenvalue weighted by molar-refractivity contribution is -0.890. The molecule has 0 spiro atoms. The molecule has 0 unspecified atom stereocenters. The van der Waals surface area contributed by atoms with Gasteiger partial charge in [-0.25, -0.2) is 13.1 Å². The molecule has 0 saturated heterocycles. The highest BCUT2D eigenvalue weighted by Gasteiger charge is 2.20. The summed E-state index contributed by atoms with van der Waals surface area (Å²) in [4.78, 5) is 3.22. The quantitative estimate of drug-likeness (QED) is 0.680. The number of hydrogen-bond acceptors (Lipinski definition) is 3. The summed E-state index contributed by atoms with van der Waals surface area (Å²) in [7, 11) is 4.80. The number of alkyl halides is 1. The van der Waals surface area contributed by atoms with Gasteiger partial charge >= 0.3 is 0 Å². The molecule has 7 heteroatoms. The molecule has 0 saturated carbocycles. The number of benzene rings is 1. The Kier molecular flexibility index (Phi) is 6.44.